The number of carbonyl (C=O) groups excluding carboxylic acids is 1. The van der Waals surface area contributed by atoms with Crippen LogP contribution in [0.15, 0.2) is 30.6 Å². The Hall–Kier alpha value is -2.05. The van der Waals surface area contributed by atoms with Crippen LogP contribution in [0.3, 0.4) is 0 Å². The van der Waals surface area contributed by atoms with E-state index in [0.717, 1.165) is 0 Å². The molecular formula is C15H15Cl2N3O3. The molecule has 6 nitrogen and oxygen atoms in total. The van der Waals surface area contributed by atoms with Gasteiger partial charge < -0.3 is 10.4 Å². The van der Waals surface area contributed by atoms with Crippen LogP contribution >= 0.6 is 23.2 Å². The summed E-state index contributed by atoms with van der Waals surface area (Å²) >= 11 is 11.9. The van der Waals surface area contributed by atoms with Crippen LogP contribution < -0.4 is 5.32 Å². The number of aromatic nitrogens is 2. The molecule has 0 aliphatic rings. The smallest absolute Gasteiger partial charge is 0.303 e. The molecular weight excluding hydrogens is 341 g/mol. The van der Waals surface area contributed by atoms with Gasteiger partial charge in [0.15, 0.2) is 0 Å². The summed E-state index contributed by atoms with van der Waals surface area (Å²) in [4.78, 5) is 22.6. The summed E-state index contributed by atoms with van der Waals surface area (Å²) in [6, 6.07) is 4.97. The zero-order valence-corrected chi connectivity index (χ0v) is 13.8. The molecule has 1 amide bonds. The Balaban J connectivity index is 2.04. The second kappa shape index (κ2) is 7.48. The summed E-state index contributed by atoms with van der Waals surface area (Å²) in [5.41, 5.74) is 0.966. The molecule has 0 aliphatic carbocycles. The van der Waals surface area contributed by atoms with E-state index in [9.17, 15) is 9.59 Å². The molecule has 1 aromatic heterocycles. The Morgan fingerprint density at radius 2 is 2.13 bits per heavy atom. The first-order valence-electron chi connectivity index (χ1n) is 6.87. The topological polar surface area (TPSA) is 84.2 Å². The Bertz CT molecular complexity index is 731. The molecule has 122 valence electrons. The summed E-state index contributed by atoms with van der Waals surface area (Å²) in [6.45, 7) is 2.03. The third-order valence-electron chi connectivity index (χ3n) is 3.14. The van der Waals surface area contributed by atoms with E-state index in [-0.39, 0.29) is 24.8 Å². The van der Waals surface area contributed by atoms with E-state index in [4.69, 9.17) is 28.3 Å². The Morgan fingerprint density at radius 3 is 2.78 bits per heavy atom. The third-order valence-corrected chi connectivity index (χ3v) is 3.67. The van der Waals surface area contributed by atoms with Crippen molar-refractivity contribution in [3.63, 3.8) is 0 Å². The molecule has 0 fully saturated rings. The monoisotopic (exact) mass is 355 g/mol. The molecule has 1 heterocycles. The fourth-order valence-electron chi connectivity index (χ4n) is 1.98. The molecule has 0 saturated carbocycles. The quantitative estimate of drug-likeness (QED) is 0.833. The van der Waals surface area contributed by atoms with E-state index in [0.29, 0.717) is 21.3 Å². The van der Waals surface area contributed by atoms with Gasteiger partial charge in [-0.3, -0.25) is 9.59 Å². The number of aliphatic carboxylic acids is 1. The molecule has 1 aromatic carbocycles. The summed E-state index contributed by atoms with van der Waals surface area (Å²) in [7, 11) is 0. The first kappa shape index (κ1) is 17.3. The van der Waals surface area contributed by atoms with Crippen LogP contribution in [0.4, 0.5) is 0 Å². The van der Waals surface area contributed by atoms with E-state index in [1.807, 2.05) is 0 Å². The summed E-state index contributed by atoms with van der Waals surface area (Å²) in [6.07, 6.45) is 2.97. The highest BCUT2D eigenvalue weighted by Gasteiger charge is 2.13. The van der Waals surface area contributed by atoms with Crippen LogP contribution in [0, 0.1) is 5.92 Å². The summed E-state index contributed by atoms with van der Waals surface area (Å²) < 4.78 is 1.48. The molecule has 1 atom stereocenters. The third kappa shape index (κ3) is 4.71. The van der Waals surface area contributed by atoms with Crippen molar-refractivity contribution >= 4 is 35.1 Å². The minimum absolute atomic E-state index is 0.0000748. The lowest BCUT2D eigenvalue weighted by Gasteiger charge is -2.09. The number of rotatable bonds is 6. The van der Waals surface area contributed by atoms with Crippen molar-refractivity contribution in [1.82, 2.24) is 15.1 Å². The fraction of sp³-hybridized carbons (Fsp3) is 0.267. The average Bonchev–Trinajstić information content (AvgIpc) is 2.93. The molecule has 0 spiro atoms. The van der Waals surface area contributed by atoms with E-state index < -0.39 is 5.97 Å². The zero-order chi connectivity index (χ0) is 17.0. The van der Waals surface area contributed by atoms with Gasteiger partial charge >= 0.3 is 5.97 Å². The number of nitrogens with one attached hydrogen (secondary N) is 1. The van der Waals surface area contributed by atoms with Crippen LogP contribution in [0.1, 0.15) is 23.7 Å². The highest BCUT2D eigenvalue weighted by molar-refractivity contribution is 6.35. The summed E-state index contributed by atoms with van der Waals surface area (Å²) in [5.74, 6) is -1.37. The number of halogens is 2. The van der Waals surface area contributed by atoms with Gasteiger partial charge in [-0.15, -0.1) is 0 Å². The van der Waals surface area contributed by atoms with Crippen molar-refractivity contribution in [2.45, 2.75) is 13.3 Å². The second-order valence-corrected chi connectivity index (χ2v) is 6.03. The van der Waals surface area contributed by atoms with Crippen molar-refractivity contribution in [2.75, 3.05) is 6.54 Å². The first-order valence-corrected chi connectivity index (χ1v) is 7.62. The van der Waals surface area contributed by atoms with Crippen LogP contribution in [0.2, 0.25) is 10.0 Å². The number of carboxylic acid groups (broad SMARTS) is 1. The number of benzene rings is 1. The van der Waals surface area contributed by atoms with Gasteiger partial charge in [-0.05, 0) is 24.1 Å². The number of hydrogen-bond donors (Lipinski definition) is 2. The molecule has 0 bridgehead atoms. The van der Waals surface area contributed by atoms with Crippen LogP contribution in [-0.4, -0.2) is 33.3 Å². The number of carbonyl (C=O) groups is 2. The van der Waals surface area contributed by atoms with Gasteiger partial charge in [0.2, 0.25) is 0 Å². The Kier molecular flexibility index (Phi) is 5.63. The second-order valence-electron chi connectivity index (χ2n) is 5.18. The lowest BCUT2D eigenvalue weighted by molar-refractivity contribution is -0.137. The minimum atomic E-state index is -0.892. The largest absolute Gasteiger partial charge is 0.481 e. The van der Waals surface area contributed by atoms with Gasteiger partial charge in [-0.1, -0.05) is 30.1 Å². The maximum atomic E-state index is 12.1. The van der Waals surface area contributed by atoms with Crippen molar-refractivity contribution < 1.29 is 14.7 Å². The van der Waals surface area contributed by atoms with Gasteiger partial charge in [0.05, 0.1) is 22.5 Å². The zero-order valence-electron chi connectivity index (χ0n) is 12.3. The molecule has 23 heavy (non-hydrogen) atoms. The molecule has 8 heteroatoms. The molecule has 0 radical (unpaired) electrons. The standard InChI is InChI=1S/C15H15Cl2N3O3/c1-9(4-14(21)22)6-18-15(23)10-7-19-20(8-10)13-3-2-11(16)5-12(13)17/h2-3,5,7-9H,4,6H2,1H3,(H,18,23)(H,21,22). The Morgan fingerprint density at radius 1 is 1.39 bits per heavy atom. The average molecular weight is 356 g/mol. The van der Waals surface area contributed by atoms with Crippen LogP contribution in [0.5, 0.6) is 0 Å². The predicted molar refractivity (Wildman–Crippen MR) is 87.3 cm³/mol. The molecule has 0 saturated heterocycles. The van der Waals surface area contributed by atoms with Gasteiger partial charge in [0.25, 0.3) is 5.91 Å². The van der Waals surface area contributed by atoms with Crippen molar-refractivity contribution in [3.8, 4) is 5.69 Å². The fourth-order valence-corrected chi connectivity index (χ4v) is 2.47. The number of hydrogen-bond acceptors (Lipinski definition) is 3. The molecule has 1 unspecified atom stereocenters. The lowest BCUT2D eigenvalue weighted by Crippen LogP contribution is -2.28. The van der Waals surface area contributed by atoms with E-state index in [2.05, 4.69) is 10.4 Å². The molecule has 2 rings (SSSR count). The van der Waals surface area contributed by atoms with Crippen molar-refractivity contribution in [1.29, 1.82) is 0 Å². The van der Waals surface area contributed by atoms with Crippen molar-refractivity contribution in [3.05, 3.63) is 46.2 Å². The van der Waals surface area contributed by atoms with Gasteiger partial charge in [-0.25, -0.2) is 4.68 Å². The highest BCUT2D eigenvalue weighted by Crippen LogP contribution is 2.24. The SMILES string of the molecule is CC(CNC(=O)c1cnn(-c2ccc(Cl)cc2Cl)c1)CC(=O)O. The van der Waals surface area contributed by atoms with Crippen molar-refractivity contribution in [2.24, 2.45) is 5.92 Å². The van der Waals surface area contributed by atoms with E-state index >= 15 is 0 Å². The molecule has 0 aliphatic heterocycles. The summed E-state index contributed by atoms with van der Waals surface area (Å²) in [5, 5.41) is 16.4. The minimum Gasteiger partial charge on any atom is -0.481 e. The van der Waals surface area contributed by atoms with Gasteiger partial charge in [-0.2, -0.15) is 5.10 Å². The number of carboxylic acids is 1. The predicted octanol–water partition coefficient (Wildman–Crippen LogP) is 3.02. The Labute approximate surface area is 143 Å². The molecule has 2 aromatic rings. The lowest BCUT2D eigenvalue weighted by atomic mass is 10.1. The molecule has 2 N–H and O–H groups in total. The van der Waals surface area contributed by atoms with E-state index in [1.165, 1.54) is 10.9 Å². The normalized spacial score (nSPS) is 12.0. The maximum Gasteiger partial charge on any atom is 0.303 e. The number of amides is 1. The first-order chi connectivity index (χ1) is 10.9. The highest BCUT2D eigenvalue weighted by atomic mass is 35.5. The van der Waals surface area contributed by atoms with E-state index in [1.54, 1.807) is 31.3 Å². The van der Waals surface area contributed by atoms with Crippen LogP contribution in [0.25, 0.3) is 5.69 Å². The van der Waals surface area contributed by atoms with Crippen LogP contribution in [-0.2, 0) is 4.79 Å². The van der Waals surface area contributed by atoms with Gasteiger partial charge in [0.1, 0.15) is 0 Å². The van der Waals surface area contributed by atoms with Gasteiger partial charge in [0, 0.05) is 24.2 Å². The number of nitrogens with zero attached hydrogens (tertiary/aromatic N) is 2. The maximum absolute atomic E-state index is 12.1.